The van der Waals surface area contributed by atoms with E-state index in [2.05, 4.69) is 15.2 Å². The lowest BCUT2D eigenvalue weighted by atomic mass is 10.2. The van der Waals surface area contributed by atoms with Crippen LogP contribution in [0.2, 0.25) is 0 Å². The smallest absolute Gasteiger partial charge is 0.233 e. The molecule has 28 heavy (non-hydrogen) atoms. The number of thioether (sulfide) groups is 1. The quantitative estimate of drug-likeness (QED) is 0.573. The molecule has 0 aliphatic rings. The van der Waals surface area contributed by atoms with Crippen LogP contribution in [0.5, 0.6) is 0 Å². The number of H-pyrrole nitrogens is 1. The normalized spacial score (nSPS) is 11.2. The van der Waals surface area contributed by atoms with Gasteiger partial charge in [0, 0.05) is 12.6 Å². The van der Waals surface area contributed by atoms with Crippen LogP contribution in [0.3, 0.4) is 0 Å². The third-order valence-electron chi connectivity index (χ3n) is 4.18. The zero-order valence-electron chi connectivity index (χ0n) is 16.1. The fourth-order valence-corrected chi connectivity index (χ4v) is 3.38. The summed E-state index contributed by atoms with van der Waals surface area (Å²) in [5, 5.41) is 7.66. The Kier molecular flexibility index (Phi) is 7.03. The number of benzene rings is 2. The molecular formula is C22H24N4OS. The predicted molar refractivity (Wildman–Crippen MR) is 115 cm³/mol. The highest BCUT2D eigenvalue weighted by molar-refractivity contribution is 7.99. The molecule has 1 amide bonds. The summed E-state index contributed by atoms with van der Waals surface area (Å²) in [7, 11) is 0. The second kappa shape index (κ2) is 9.90. The molecule has 0 saturated carbocycles. The van der Waals surface area contributed by atoms with Crippen molar-refractivity contribution in [3.63, 3.8) is 0 Å². The highest BCUT2D eigenvalue weighted by Gasteiger charge is 2.18. The van der Waals surface area contributed by atoms with Gasteiger partial charge in [0.1, 0.15) is 5.82 Å². The molecule has 5 nitrogen and oxygen atoms in total. The van der Waals surface area contributed by atoms with Gasteiger partial charge in [-0.3, -0.25) is 9.89 Å². The number of rotatable bonds is 8. The molecule has 3 rings (SSSR count). The van der Waals surface area contributed by atoms with E-state index in [1.807, 2.05) is 91.6 Å². The molecule has 1 heterocycles. The predicted octanol–water partition coefficient (Wildman–Crippen LogP) is 4.50. The van der Waals surface area contributed by atoms with Crippen molar-refractivity contribution in [2.75, 3.05) is 5.75 Å². The molecule has 2 aromatic carbocycles. The Bertz CT molecular complexity index is 907. The lowest BCUT2D eigenvalue weighted by Gasteiger charge is -2.26. The number of hydrogen-bond donors (Lipinski definition) is 1. The molecule has 0 fully saturated rings. The maximum Gasteiger partial charge on any atom is 0.233 e. The molecule has 1 aromatic heterocycles. The summed E-state index contributed by atoms with van der Waals surface area (Å²) in [6.07, 6.45) is 3.85. The van der Waals surface area contributed by atoms with Gasteiger partial charge in [0.25, 0.3) is 0 Å². The molecule has 3 aromatic rings. The van der Waals surface area contributed by atoms with Crippen LogP contribution in [0.4, 0.5) is 0 Å². The number of amides is 1. The fraction of sp³-hybridized carbons (Fsp3) is 0.227. The van der Waals surface area contributed by atoms with E-state index in [1.165, 1.54) is 11.8 Å². The summed E-state index contributed by atoms with van der Waals surface area (Å²) in [6.45, 7) is 4.67. The number of carbonyl (C=O) groups excluding carboxylic acids is 1. The minimum absolute atomic E-state index is 0.0787. The Morgan fingerprint density at radius 2 is 1.75 bits per heavy atom. The maximum atomic E-state index is 12.7. The fourth-order valence-electron chi connectivity index (χ4n) is 2.68. The summed E-state index contributed by atoms with van der Waals surface area (Å²) in [6, 6.07) is 20.2. The monoisotopic (exact) mass is 392 g/mol. The van der Waals surface area contributed by atoms with Crippen molar-refractivity contribution in [2.24, 2.45) is 0 Å². The van der Waals surface area contributed by atoms with E-state index >= 15 is 0 Å². The summed E-state index contributed by atoms with van der Waals surface area (Å²) in [4.78, 5) is 19.0. The second-order valence-corrected chi connectivity index (χ2v) is 7.58. The van der Waals surface area contributed by atoms with Gasteiger partial charge in [-0.05, 0) is 31.1 Å². The largest absolute Gasteiger partial charge is 0.335 e. The van der Waals surface area contributed by atoms with Gasteiger partial charge in [0.05, 0.1) is 5.75 Å². The van der Waals surface area contributed by atoms with Crippen molar-refractivity contribution < 1.29 is 4.79 Å². The summed E-state index contributed by atoms with van der Waals surface area (Å²) < 4.78 is 0. The van der Waals surface area contributed by atoms with Crippen molar-refractivity contribution in [1.82, 2.24) is 20.1 Å². The average molecular weight is 393 g/mol. The van der Waals surface area contributed by atoms with Crippen molar-refractivity contribution in [1.29, 1.82) is 0 Å². The molecule has 6 heteroatoms. The first-order chi connectivity index (χ1) is 13.6. The van der Waals surface area contributed by atoms with E-state index in [0.717, 1.165) is 11.1 Å². The highest BCUT2D eigenvalue weighted by Crippen LogP contribution is 2.17. The van der Waals surface area contributed by atoms with Crippen molar-refractivity contribution >= 4 is 29.8 Å². The SMILES string of the molecule is CC(C)N(Cc1ccccc1)C(=O)CSc1n[nH]c(/C=C/c2ccccc2)n1. The Labute approximate surface area is 169 Å². The Morgan fingerprint density at radius 3 is 2.43 bits per heavy atom. The van der Waals surface area contributed by atoms with E-state index in [4.69, 9.17) is 0 Å². The molecule has 0 bridgehead atoms. The van der Waals surface area contributed by atoms with Gasteiger partial charge >= 0.3 is 0 Å². The van der Waals surface area contributed by atoms with Crippen molar-refractivity contribution in [3.05, 3.63) is 77.6 Å². The molecule has 144 valence electrons. The van der Waals surface area contributed by atoms with E-state index in [1.54, 1.807) is 0 Å². The minimum Gasteiger partial charge on any atom is -0.335 e. The van der Waals surface area contributed by atoms with Gasteiger partial charge < -0.3 is 4.90 Å². The number of aromatic nitrogens is 3. The third kappa shape index (κ3) is 5.82. The molecule has 0 spiro atoms. The number of nitrogens with zero attached hydrogens (tertiary/aromatic N) is 3. The number of hydrogen-bond acceptors (Lipinski definition) is 4. The molecule has 0 radical (unpaired) electrons. The number of carbonyl (C=O) groups is 1. The van der Waals surface area contributed by atoms with Crippen LogP contribution in [-0.2, 0) is 11.3 Å². The minimum atomic E-state index is 0.0787. The van der Waals surface area contributed by atoms with Gasteiger partial charge in [-0.1, -0.05) is 78.5 Å². The van der Waals surface area contributed by atoms with E-state index in [-0.39, 0.29) is 11.9 Å². The second-order valence-electron chi connectivity index (χ2n) is 6.64. The molecule has 0 aliphatic heterocycles. The Hall–Kier alpha value is -2.86. The summed E-state index contributed by atoms with van der Waals surface area (Å²) in [5.74, 6) is 1.06. The van der Waals surface area contributed by atoms with Crippen LogP contribution < -0.4 is 0 Å². The van der Waals surface area contributed by atoms with Crippen LogP contribution in [0.1, 0.15) is 30.8 Å². The first-order valence-corrected chi connectivity index (χ1v) is 10.2. The van der Waals surface area contributed by atoms with Gasteiger partial charge in [-0.2, -0.15) is 0 Å². The molecule has 0 atom stereocenters. The first kappa shape index (κ1) is 19.9. The molecule has 0 aliphatic carbocycles. The number of nitrogens with one attached hydrogen (secondary N) is 1. The van der Waals surface area contributed by atoms with E-state index < -0.39 is 0 Å². The average Bonchev–Trinajstić information content (AvgIpc) is 3.18. The van der Waals surface area contributed by atoms with E-state index in [0.29, 0.717) is 23.3 Å². The summed E-state index contributed by atoms with van der Waals surface area (Å²) >= 11 is 1.35. The lowest BCUT2D eigenvalue weighted by Crippen LogP contribution is -2.37. The standard InChI is InChI=1S/C22H24N4OS/c1-17(2)26(15-19-11-7-4-8-12-19)21(27)16-28-22-23-20(24-25-22)14-13-18-9-5-3-6-10-18/h3-14,17H,15-16H2,1-2H3,(H,23,24,25)/b14-13+. The van der Waals surface area contributed by atoms with Gasteiger partial charge in [0.15, 0.2) is 0 Å². The van der Waals surface area contributed by atoms with Crippen molar-refractivity contribution in [2.45, 2.75) is 31.6 Å². The molecule has 1 N–H and O–H groups in total. The topological polar surface area (TPSA) is 61.9 Å². The molecular weight excluding hydrogens is 368 g/mol. The van der Waals surface area contributed by atoms with Crippen LogP contribution in [-0.4, -0.2) is 37.8 Å². The zero-order valence-corrected chi connectivity index (χ0v) is 16.9. The highest BCUT2D eigenvalue weighted by atomic mass is 32.2. The van der Waals surface area contributed by atoms with Gasteiger partial charge in [0.2, 0.25) is 11.1 Å². The van der Waals surface area contributed by atoms with Gasteiger partial charge in [-0.15, -0.1) is 5.10 Å². The first-order valence-electron chi connectivity index (χ1n) is 9.23. The molecule has 0 saturated heterocycles. The number of aromatic amines is 1. The molecule has 0 unspecified atom stereocenters. The third-order valence-corrected chi connectivity index (χ3v) is 5.01. The van der Waals surface area contributed by atoms with Crippen LogP contribution in [0, 0.1) is 0 Å². The van der Waals surface area contributed by atoms with Crippen LogP contribution >= 0.6 is 11.8 Å². The Morgan fingerprint density at radius 1 is 1.07 bits per heavy atom. The van der Waals surface area contributed by atoms with Crippen molar-refractivity contribution in [3.8, 4) is 0 Å². The summed E-state index contributed by atoms with van der Waals surface area (Å²) in [5.41, 5.74) is 2.22. The van der Waals surface area contributed by atoms with Crippen LogP contribution in [0.25, 0.3) is 12.2 Å². The van der Waals surface area contributed by atoms with Crippen LogP contribution in [0.15, 0.2) is 65.8 Å². The lowest BCUT2D eigenvalue weighted by molar-refractivity contribution is -0.130. The van der Waals surface area contributed by atoms with Gasteiger partial charge in [-0.25, -0.2) is 4.98 Å². The Balaban J connectivity index is 1.56. The maximum absolute atomic E-state index is 12.7. The van der Waals surface area contributed by atoms with E-state index in [9.17, 15) is 4.79 Å². The zero-order chi connectivity index (χ0) is 19.8.